The first-order valence-corrected chi connectivity index (χ1v) is 5.32. The molecule has 0 heterocycles. The van der Waals surface area contributed by atoms with Crippen molar-refractivity contribution >= 4 is 18.6 Å². The fourth-order valence-corrected chi connectivity index (χ4v) is 1.04. The molecule has 0 unspecified atom stereocenters. The van der Waals surface area contributed by atoms with Gasteiger partial charge in [-0.05, 0) is 12.5 Å². The van der Waals surface area contributed by atoms with Crippen LogP contribution in [0.15, 0.2) is 18.2 Å². The van der Waals surface area contributed by atoms with E-state index < -0.39 is 12.2 Å². The predicted molar refractivity (Wildman–Crippen MR) is 63.8 cm³/mol. The Balaban J connectivity index is 0.000000621. The third-order valence-corrected chi connectivity index (χ3v) is 1.72. The van der Waals surface area contributed by atoms with Gasteiger partial charge in [-0.25, -0.2) is 0 Å². The van der Waals surface area contributed by atoms with Crippen LogP contribution in [0.25, 0.3) is 4.98 Å². The van der Waals surface area contributed by atoms with Crippen molar-refractivity contribution in [3.63, 3.8) is 0 Å². The van der Waals surface area contributed by atoms with Crippen molar-refractivity contribution in [2.24, 2.45) is 0 Å². The summed E-state index contributed by atoms with van der Waals surface area (Å²) in [6.45, 7) is 2.32. The van der Waals surface area contributed by atoms with Gasteiger partial charge in [-0.15, -0.1) is 0 Å². The molecule has 11 heteroatoms. The van der Waals surface area contributed by atoms with Crippen LogP contribution in [0.3, 0.4) is 0 Å². The summed E-state index contributed by atoms with van der Waals surface area (Å²) in [5.74, 6) is 0.189. The van der Waals surface area contributed by atoms with Crippen molar-refractivity contribution in [3.8, 4) is 5.75 Å². The molecule has 0 aromatic heterocycles. The first-order chi connectivity index (χ1) is 9.19. The fraction of sp³-hybridized carbons (Fsp3) is 0.333. The number of halogens is 4. The van der Waals surface area contributed by atoms with E-state index in [1.54, 1.807) is 0 Å². The number of nitro benzene ring substituents is 1. The maximum absolute atomic E-state index is 10.7. The van der Waals surface area contributed by atoms with Crippen molar-refractivity contribution in [1.29, 1.82) is 5.39 Å². The van der Waals surface area contributed by atoms with E-state index in [4.69, 9.17) is 10.1 Å². The summed E-state index contributed by atoms with van der Waals surface area (Å²) < 4.78 is 44.2. The van der Waals surface area contributed by atoms with Gasteiger partial charge in [-0.2, -0.15) is 0 Å². The van der Waals surface area contributed by atoms with Crippen LogP contribution in [-0.2, 0) is 0 Å². The SMILES string of the molecule is CCCOc1ccc([N+]#N)cc1[N+](=O)[O-].F[B-](F)(F)F. The molecule has 0 atom stereocenters. The van der Waals surface area contributed by atoms with E-state index in [-0.39, 0.29) is 17.1 Å². The predicted octanol–water partition coefficient (Wildman–Crippen LogP) is 4.17. The minimum atomic E-state index is -6.00. The van der Waals surface area contributed by atoms with Crippen molar-refractivity contribution in [2.45, 2.75) is 13.3 Å². The Bertz CT molecular complexity index is 498. The molecule has 0 fully saturated rings. The molecule has 1 rings (SSSR count). The average molecular weight is 295 g/mol. The Hall–Kier alpha value is -2.38. The Morgan fingerprint density at radius 3 is 2.35 bits per heavy atom. The lowest BCUT2D eigenvalue weighted by atomic mass is 10.2. The zero-order chi connectivity index (χ0) is 15.8. The van der Waals surface area contributed by atoms with Crippen molar-refractivity contribution < 1.29 is 26.9 Å². The van der Waals surface area contributed by atoms with Gasteiger partial charge in [0.15, 0.2) is 10.7 Å². The number of nitro groups is 1. The van der Waals surface area contributed by atoms with Crippen LogP contribution in [-0.4, -0.2) is 18.8 Å². The van der Waals surface area contributed by atoms with Crippen LogP contribution in [0.5, 0.6) is 5.75 Å². The number of ether oxygens (including phenoxy) is 1. The molecule has 0 spiro atoms. The number of rotatable bonds is 4. The topological polar surface area (TPSA) is 80.5 Å². The Labute approximate surface area is 111 Å². The van der Waals surface area contributed by atoms with E-state index in [9.17, 15) is 27.4 Å². The Kier molecular flexibility index (Phi) is 6.99. The molecule has 0 aliphatic carbocycles. The first-order valence-electron chi connectivity index (χ1n) is 5.32. The van der Waals surface area contributed by atoms with Gasteiger partial charge < -0.3 is 22.0 Å². The van der Waals surface area contributed by atoms with E-state index in [2.05, 4.69) is 4.98 Å². The van der Waals surface area contributed by atoms with Crippen LogP contribution in [0.2, 0.25) is 0 Å². The summed E-state index contributed by atoms with van der Waals surface area (Å²) in [6.07, 6.45) is 0.767. The maximum atomic E-state index is 10.7. The third-order valence-electron chi connectivity index (χ3n) is 1.72. The molecule has 0 radical (unpaired) electrons. The van der Waals surface area contributed by atoms with Gasteiger partial charge in [-0.1, -0.05) is 6.92 Å². The Morgan fingerprint density at radius 2 is 1.95 bits per heavy atom. The monoisotopic (exact) mass is 295 g/mol. The van der Waals surface area contributed by atoms with Gasteiger partial charge >= 0.3 is 18.6 Å². The van der Waals surface area contributed by atoms with Crippen LogP contribution in [0.1, 0.15) is 13.3 Å². The number of nitrogens with zero attached hydrogens (tertiary/aromatic N) is 3. The van der Waals surface area contributed by atoms with Gasteiger partial charge in [0.05, 0.1) is 11.5 Å². The van der Waals surface area contributed by atoms with E-state index in [1.165, 1.54) is 12.1 Å². The summed E-state index contributed by atoms with van der Waals surface area (Å²) >= 11 is 0. The van der Waals surface area contributed by atoms with Gasteiger partial charge in [0.2, 0.25) is 5.39 Å². The average Bonchev–Trinajstić information content (AvgIpc) is 2.34. The maximum Gasteiger partial charge on any atom is 0.673 e. The molecule has 20 heavy (non-hydrogen) atoms. The molecule has 0 N–H and O–H groups in total. The summed E-state index contributed by atoms with van der Waals surface area (Å²) in [5, 5.41) is 19.1. The summed E-state index contributed by atoms with van der Waals surface area (Å²) in [7, 11) is -6.00. The lowest BCUT2D eigenvalue weighted by Gasteiger charge is -2.03. The standard InChI is InChI=1S/C9H10N3O3.BF4/c1-2-5-15-9-4-3-7(11-10)6-8(9)12(13)14;2-1(3,4)5/h3-4,6H,2,5H2,1H3;/q+1;-1. The smallest absolute Gasteiger partial charge is 0.487 e. The minimum Gasteiger partial charge on any atom is -0.487 e. The molecule has 0 saturated carbocycles. The molecule has 0 amide bonds. The Morgan fingerprint density at radius 1 is 1.40 bits per heavy atom. The third kappa shape index (κ3) is 7.86. The van der Waals surface area contributed by atoms with Gasteiger partial charge in [0.1, 0.15) is 6.07 Å². The second kappa shape index (κ2) is 7.93. The molecule has 110 valence electrons. The van der Waals surface area contributed by atoms with Crippen LogP contribution >= 0.6 is 0 Å². The summed E-state index contributed by atoms with van der Waals surface area (Å²) in [5.41, 5.74) is -0.0655. The molecule has 0 aliphatic heterocycles. The van der Waals surface area contributed by atoms with E-state index in [0.29, 0.717) is 6.61 Å². The van der Waals surface area contributed by atoms with Gasteiger partial charge in [-0.3, -0.25) is 10.1 Å². The van der Waals surface area contributed by atoms with Crippen molar-refractivity contribution in [1.82, 2.24) is 0 Å². The highest BCUT2D eigenvalue weighted by atomic mass is 19.5. The van der Waals surface area contributed by atoms with Crippen LogP contribution in [0.4, 0.5) is 28.6 Å². The molecule has 1 aromatic carbocycles. The molecule has 0 saturated heterocycles. The molecule has 0 bridgehead atoms. The highest BCUT2D eigenvalue weighted by Gasteiger charge is 2.21. The van der Waals surface area contributed by atoms with E-state index in [0.717, 1.165) is 12.5 Å². The zero-order valence-corrected chi connectivity index (χ0v) is 10.3. The van der Waals surface area contributed by atoms with Crippen LogP contribution < -0.4 is 4.74 Å². The number of hydrogen-bond acceptors (Lipinski definition) is 4. The second-order valence-electron chi connectivity index (χ2n) is 3.35. The molecular formula is C9H10BF4N3O3. The molecule has 6 nitrogen and oxygen atoms in total. The van der Waals surface area contributed by atoms with Crippen molar-refractivity contribution in [2.75, 3.05) is 6.61 Å². The lowest BCUT2D eigenvalue weighted by Crippen LogP contribution is -2.02. The van der Waals surface area contributed by atoms with E-state index in [1.807, 2.05) is 6.92 Å². The van der Waals surface area contributed by atoms with E-state index >= 15 is 0 Å². The fourth-order valence-electron chi connectivity index (χ4n) is 1.04. The molecular weight excluding hydrogens is 285 g/mol. The minimum absolute atomic E-state index is 0.130. The second-order valence-corrected chi connectivity index (χ2v) is 3.35. The number of hydrogen-bond donors (Lipinski definition) is 0. The number of benzene rings is 1. The van der Waals surface area contributed by atoms with Crippen LogP contribution in [0, 0.1) is 15.5 Å². The highest BCUT2D eigenvalue weighted by molar-refractivity contribution is 6.50. The highest BCUT2D eigenvalue weighted by Crippen LogP contribution is 2.31. The van der Waals surface area contributed by atoms with Gasteiger partial charge in [0, 0.05) is 6.07 Å². The normalized spacial score (nSPS) is 10.0. The first kappa shape index (κ1) is 17.6. The summed E-state index contributed by atoms with van der Waals surface area (Å²) in [4.78, 5) is 13.0. The van der Waals surface area contributed by atoms with Gasteiger partial charge in [0.25, 0.3) is 0 Å². The quantitative estimate of drug-likeness (QED) is 0.274. The summed E-state index contributed by atoms with van der Waals surface area (Å²) in [6, 6.07) is 4.02. The van der Waals surface area contributed by atoms with Crippen molar-refractivity contribution in [3.05, 3.63) is 33.3 Å². The molecule has 1 aromatic rings. The lowest BCUT2D eigenvalue weighted by molar-refractivity contribution is -0.385. The largest absolute Gasteiger partial charge is 0.673 e. The molecule has 0 aliphatic rings. The number of diazo groups is 1. The zero-order valence-electron chi connectivity index (χ0n) is 10.3.